The summed E-state index contributed by atoms with van der Waals surface area (Å²) >= 11 is 0. The molecule has 0 atom stereocenters. The van der Waals surface area contributed by atoms with Crippen LogP contribution in [0.5, 0.6) is 0 Å². The molecule has 0 heterocycles. The van der Waals surface area contributed by atoms with Crippen LogP contribution in [0.3, 0.4) is 0 Å². The highest BCUT2D eigenvalue weighted by molar-refractivity contribution is 5.68. The molecule has 2 aromatic rings. The number of carbonyl (C=O) groups is 1. The number of rotatable bonds is 7. The highest BCUT2D eigenvalue weighted by Crippen LogP contribution is 2.25. The molecule has 136 valence electrons. The van der Waals surface area contributed by atoms with Crippen LogP contribution in [0, 0.1) is 19.8 Å². The van der Waals surface area contributed by atoms with Crippen LogP contribution in [0.2, 0.25) is 0 Å². The van der Waals surface area contributed by atoms with Crippen LogP contribution in [0.4, 0.5) is 0 Å². The van der Waals surface area contributed by atoms with Crippen molar-refractivity contribution in [3.05, 3.63) is 59.2 Å². The van der Waals surface area contributed by atoms with Gasteiger partial charge in [0.2, 0.25) is 6.41 Å². The molecule has 25 heavy (non-hydrogen) atoms. The van der Waals surface area contributed by atoms with E-state index in [1.807, 2.05) is 0 Å². The van der Waals surface area contributed by atoms with E-state index in [4.69, 9.17) is 4.79 Å². The Morgan fingerprint density at radius 2 is 1.80 bits per heavy atom. The van der Waals surface area contributed by atoms with Crippen LogP contribution in [0.25, 0.3) is 11.1 Å². The van der Waals surface area contributed by atoms with Gasteiger partial charge in [0.15, 0.2) is 0 Å². The van der Waals surface area contributed by atoms with Gasteiger partial charge >= 0.3 is 0 Å². The van der Waals surface area contributed by atoms with Gasteiger partial charge in [0.25, 0.3) is 0 Å². The Labute approximate surface area is 152 Å². The van der Waals surface area contributed by atoms with E-state index >= 15 is 0 Å². The summed E-state index contributed by atoms with van der Waals surface area (Å²) in [5, 5.41) is 5.78. The van der Waals surface area contributed by atoms with Crippen molar-refractivity contribution in [1.82, 2.24) is 10.6 Å². The second-order valence-electron chi connectivity index (χ2n) is 6.78. The summed E-state index contributed by atoms with van der Waals surface area (Å²) in [5.41, 5.74) is 6.68. The molecule has 0 saturated heterocycles. The third-order valence-corrected chi connectivity index (χ3v) is 3.97. The first-order valence-electron chi connectivity index (χ1n) is 8.96. The largest absolute Gasteiger partial charge is 0.362 e. The number of benzene rings is 2. The lowest BCUT2D eigenvalue weighted by Crippen LogP contribution is -2.16. The molecule has 0 unspecified atom stereocenters. The fourth-order valence-corrected chi connectivity index (χ4v) is 2.60. The molecule has 1 amide bonds. The molecule has 2 N–H and O–H groups in total. The fraction of sp³-hybridized carbons (Fsp3) is 0.409. The van der Waals surface area contributed by atoms with Gasteiger partial charge in [-0.05, 0) is 55.0 Å². The van der Waals surface area contributed by atoms with E-state index in [0.29, 0.717) is 6.41 Å². The monoisotopic (exact) mass is 340 g/mol. The standard InChI is InChI=1S/C20H27N.C2H5NO/c1-15(2)10-11-21-14-18-8-9-20(17(4)13-18)19-7-5-6-16(3)12-19;1-3-2-4/h5-9,12-13,15,21H,10-11,14H2,1-4H3;2H,1H3,(H,3,4). The van der Waals surface area contributed by atoms with Gasteiger partial charge in [0, 0.05) is 13.6 Å². The lowest BCUT2D eigenvalue weighted by Gasteiger charge is -2.11. The van der Waals surface area contributed by atoms with E-state index in [1.165, 1.54) is 34.2 Å². The van der Waals surface area contributed by atoms with Gasteiger partial charge in [-0.3, -0.25) is 4.79 Å². The second-order valence-corrected chi connectivity index (χ2v) is 6.78. The summed E-state index contributed by atoms with van der Waals surface area (Å²) in [6.45, 7) is 10.9. The van der Waals surface area contributed by atoms with Crippen LogP contribution in [0.1, 0.15) is 37.0 Å². The molecule has 0 radical (unpaired) electrons. The van der Waals surface area contributed by atoms with E-state index in [0.717, 1.165) is 19.0 Å². The molecule has 2 rings (SSSR count). The van der Waals surface area contributed by atoms with Crippen LogP contribution in [0.15, 0.2) is 42.5 Å². The average molecular weight is 341 g/mol. The van der Waals surface area contributed by atoms with Crippen molar-refractivity contribution < 1.29 is 4.79 Å². The number of hydrogen-bond acceptors (Lipinski definition) is 2. The Balaban J connectivity index is 0.000000705. The molecule has 0 aliphatic heterocycles. The average Bonchev–Trinajstić information content (AvgIpc) is 2.59. The maximum absolute atomic E-state index is 9.06. The van der Waals surface area contributed by atoms with E-state index in [2.05, 4.69) is 80.8 Å². The van der Waals surface area contributed by atoms with Crippen LogP contribution in [-0.2, 0) is 11.3 Å². The predicted molar refractivity (Wildman–Crippen MR) is 108 cm³/mol. The van der Waals surface area contributed by atoms with Crippen molar-refractivity contribution in [3.63, 3.8) is 0 Å². The molecule has 2 aromatic carbocycles. The van der Waals surface area contributed by atoms with Crippen LogP contribution >= 0.6 is 0 Å². The second kappa shape index (κ2) is 11.4. The first-order valence-corrected chi connectivity index (χ1v) is 8.96. The summed E-state index contributed by atoms with van der Waals surface area (Å²) in [7, 11) is 1.56. The Bertz CT molecular complexity index is 650. The smallest absolute Gasteiger partial charge is 0.206 e. The van der Waals surface area contributed by atoms with Gasteiger partial charge in [-0.15, -0.1) is 0 Å². The Hall–Kier alpha value is -2.13. The fourth-order valence-electron chi connectivity index (χ4n) is 2.60. The zero-order valence-corrected chi connectivity index (χ0v) is 16.2. The molecule has 0 aliphatic carbocycles. The maximum atomic E-state index is 9.06. The number of nitrogens with one attached hydrogen (secondary N) is 2. The van der Waals surface area contributed by atoms with Crippen molar-refractivity contribution in [1.29, 1.82) is 0 Å². The van der Waals surface area contributed by atoms with Gasteiger partial charge in [-0.1, -0.05) is 61.9 Å². The highest BCUT2D eigenvalue weighted by atomic mass is 16.1. The van der Waals surface area contributed by atoms with E-state index in [-0.39, 0.29) is 0 Å². The van der Waals surface area contributed by atoms with Crippen molar-refractivity contribution in [3.8, 4) is 11.1 Å². The van der Waals surface area contributed by atoms with Gasteiger partial charge in [-0.25, -0.2) is 0 Å². The molecular formula is C22H32N2O. The van der Waals surface area contributed by atoms with Gasteiger partial charge in [0.1, 0.15) is 0 Å². The molecule has 0 saturated carbocycles. The summed E-state index contributed by atoms with van der Waals surface area (Å²) in [6.07, 6.45) is 1.86. The van der Waals surface area contributed by atoms with E-state index in [9.17, 15) is 0 Å². The number of amides is 1. The minimum absolute atomic E-state index is 0.625. The number of aryl methyl sites for hydroxylation is 2. The molecule has 0 aromatic heterocycles. The van der Waals surface area contributed by atoms with E-state index in [1.54, 1.807) is 7.05 Å². The Kier molecular flexibility index (Phi) is 9.56. The quantitative estimate of drug-likeness (QED) is 0.577. The summed E-state index contributed by atoms with van der Waals surface area (Å²) in [4.78, 5) is 9.06. The van der Waals surface area contributed by atoms with Gasteiger partial charge in [0.05, 0.1) is 0 Å². The number of hydrogen-bond donors (Lipinski definition) is 2. The minimum atomic E-state index is 0.625. The maximum Gasteiger partial charge on any atom is 0.206 e. The third kappa shape index (κ3) is 7.99. The zero-order chi connectivity index (χ0) is 18.7. The molecule has 0 fully saturated rings. The predicted octanol–water partition coefficient (Wildman–Crippen LogP) is 4.47. The normalized spacial score (nSPS) is 10.2. The molecule has 0 bridgehead atoms. The first-order chi connectivity index (χ1) is 12.0. The van der Waals surface area contributed by atoms with Crippen molar-refractivity contribution >= 4 is 6.41 Å². The molecule has 0 spiro atoms. The van der Waals surface area contributed by atoms with Crippen molar-refractivity contribution in [2.75, 3.05) is 13.6 Å². The minimum Gasteiger partial charge on any atom is -0.362 e. The molecule has 3 heteroatoms. The highest BCUT2D eigenvalue weighted by Gasteiger charge is 2.03. The Morgan fingerprint density at radius 1 is 1.08 bits per heavy atom. The van der Waals surface area contributed by atoms with Gasteiger partial charge < -0.3 is 10.6 Å². The summed E-state index contributed by atoms with van der Waals surface area (Å²) in [6, 6.07) is 15.5. The van der Waals surface area contributed by atoms with E-state index < -0.39 is 0 Å². The molecule has 0 aliphatic rings. The molecule has 3 nitrogen and oxygen atoms in total. The van der Waals surface area contributed by atoms with Crippen LogP contribution in [-0.4, -0.2) is 20.0 Å². The zero-order valence-electron chi connectivity index (χ0n) is 16.2. The first kappa shape index (κ1) is 20.9. The van der Waals surface area contributed by atoms with Gasteiger partial charge in [-0.2, -0.15) is 0 Å². The summed E-state index contributed by atoms with van der Waals surface area (Å²) < 4.78 is 0. The van der Waals surface area contributed by atoms with Crippen molar-refractivity contribution in [2.24, 2.45) is 5.92 Å². The SMILES string of the molecule is CNC=O.Cc1cccc(-c2ccc(CNCCC(C)C)cc2C)c1. The lowest BCUT2D eigenvalue weighted by atomic mass is 9.97. The third-order valence-electron chi connectivity index (χ3n) is 3.97. The Morgan fingerprint density at radius 3 is 2.36 bits per heavy atom. The summed E-state index contributed by atoms with van der Waals surface area (Å²) in [5.74, 6) is 0.767. The van der Waals surface area contributed by atoms with Crippen LogP contribution < -0.4 is 10.6 Å². The number of carbonyl (C=O) groups excluding carboxylic acids is 1. The topological polar surface area (TPSA) is 41.1 Å². The lowest BCUT2D eigenvalue weighted by molar-refractivity contribution is -0.109. The molecular weight excluding hydrogens is 308 g/mol. The van der Waals surface area contributed by atoms with Crippen molar-refractivity contribution in [2.45, 2.75) is 40.7 Å².